The van der Waals surface area contributed by atoms with Gasteiger partial charge in [-0.15, -0.1) is 0 Å². The standard InChI is InChI=1S/C36H26O11/c1-43-27-13-17-11-25(33(37)38)31-19(23(17)15-29(27)45-3)7-5-9-21(31)35(41)47-36(42)22-10-6-8-20-24-16-30(46-4)28(44-2)14-18(24)12-26(32(20)22)34(39)40/h5-16H,1-4H3,(H,37,38)(H,39,40). The third-order valence-corrected chi connectivity index (χ3v) is 8.05. The van der Waals surface area contributed by atoms with Gasteiger partial charge < -0.3 is 33.9 Å². The number of carboxylic acids is 2. The molecule has 11 nitrogen and oxygen atoms in total. The predicted molar refractivity (Wildman–Crippen MR) is 173 cm³/mol. The Morgan fingerprint density at radius 2 is 0.830 bits per heavy atom. The van der Waals surface area contributed by atoms with Gasteiger partial charge in [0.1, 0.15) is 0 Å². The number of esters is 2. The maximum absolute atomic E-state index is 13.7. The number of benzene rings is 6. The van der Waals surface area contributed by atoms with Crippen molar-refractivity contribution in [3.63, 3.8) is 0 Å². The van der Waals surface area contributed by atoms with Crippen LogP contribution in [0.15, 0.2) is 72.8 Å². The molecule has 0 aliphatic heterocycles. The summed E-state index contributed by atoms with van der Waals surface area (Å²) in [6, 6.07) is 18.5. The number of fused-ring (bicyclic) bond motifs is 6. The fraction of sp³-hybridized carbons (Fsp3) is 0.111. The molecule has 6 aromatic rings. The Morgan fingerprint density at radius 1 is 0.468 bits per heavy atom. The Bertz CT molecular complexity index is 2160. The van der Waals surface area contributed by atoms with E-state index in [-0.39, 0.29) is 33.0 Å². The lowest BCUT2D eigenvalue weighted by Crippen LogP contribution is -2.15. The van der Waals surface area contributed by atoms with Crippen LogP contribution in [0.5, 0.6) is 23.0 Å². The van der Waals surface area contributed by atoms with E-state index in [1.165, 1.54) is 52.7 Å². The highest BCUT2D eigenvalue weighted by Crippen LogP contribution is 2.40. The molecular formula is C36H26O11. The molecule has 0 aromatic heterocycles. The molecule has 0 atom stereocenters. The third-order valence-electron chi connectivity index (χ3n) is 8.05. The molecule has 11 heteroatoms. The van der Waals surface area contributed by atoms with Gasteiger partial charge in [-0.05, 0) is 80.8 Å². The number of carboxylic acid groups (broad SMARTS) is 2. The van der Waals surface area contributed by atoms with Crippen LogP contribution in [-0.4, -0.2) is 62.5 Å². The molecule has 2 N–H and O–H groups in total. The number of carbonyl (C=O) groups is 4. The molecule has 0 aliphatic carbocycles. The van der Waals surface area contributed by atoms with E-state index in [0.717, 1.165) is 0 Å². The molecule has 0 aliphatic rings. The quantitative estimate of drug-likeness (QED) is 0.104. The highest BCUT2D eigenvalue weighted by molar-refractivity contribution is 6.25. The van der Waals surface area contributed by atoms with Crippen molar-refractivity contribution in [2.75, 3.05) is 28.4 Å². The monoisotopic (exact) mass is 634 g/mol. The third kappa shape index (κ3) is 5.03. The zero-order valence-corrected chi connectivity index (χ0v) is 25.5. The fourth-order valence-electron chi connectivity index (χ4n) is 5.96. The van der Waals surface area contributed by atoms with E-state index < -0.39 is 23.9 Å². The van der Waals surface area contributed by atoms with Crippen molar-refractivity contribution in [1.82, 2.24) is 0 Å². The maximum atomic E-state index is 13.7. The number of hydrogen-bond acceptors (Lipinski definition) is 9. The van der Waals surface area contributed by atoms with Gasteiger partial charge in [0.2, 0.25) is 0 Å². The van der Waals surface area contributed by atoms with Crippen LogP contribution in [0.4, 0.5) is 0 Å². The van der Waals surface area contributed by atoms with Gasteiger partial charge in [-0.3, -0.25) is 0 Å². The van der Waals surface area contributed by atoms with Crippen molar-refractivity contribution < 1.29 is 53.1 Å². The van der Waals surface area contributed by atoms with E-state index in [2.05, 4.69) is 0 Å². The van der Waals surface area contributed by atoms with Crippen molar-refractivity contribution in [2.45, 2.75) is 0 Å². The number of methoxy groups -OCH3 is 4. The summed E-state index contributed by atoms with van der Waals surface area (Å²) in [5.74, 6) is -3.30. The molecule has 6 aromatic carbocycles. The van der Waals surface area contributed by atoms with Crippen LogP contribution < -0.4 is 18.9 Å². The number of rotatable bonds is 8. The number of hydrogen-bond donors (Lipinski definition) is 2. The predicted octanol–water partition coefficient (Wildman–Crippen LogP) is 6.73. The van der Waals surface area contributed by atoms with Gasteiger partial charge in [-0.25, -0.2) is 19.2 Å². The normalized spacial score (nSPS) is 11.1. The van der Waals surface area contributed by atoms with Crippen molar-refractivity contribution in [3.8, 4) is 23.0 Å². The van der Waals surface area contributed by atoms with Gasteiger partial charge in [0.15, 0.2) is 23.0 Å². The minimum absolute atomic E-state index is 0.0497. The van der Waals surface area contributed by atoms with Crippen LogP contribution in [0.25, 0.3) is 43.1 Å². The molecule has 47 heavy (non-hydrogen) atoms. The Labute approximate surface area is 266 Å². The number of aromatic carboxylic acids is 2. The van der Waals surface area contributed by atoms with Gasteiger partial charge in [0.25, 0.3) is 0 Å². The first-order chi connectivity index (χ1) is 22.6. The Kier molecular flexibility index (Phi) is 7.74. The first-order valence-corrected chi connectivity index (χ1v) is 14.1. The van der Waals surface area contributed by atoms with Crippen LogP contribution in [0.1, 0.15) is 41.4 Å². The van der Waals surface area contributed by atoms with E-state index >= 15 is 0 Å². The van der Waals surface area contributed by atoms with E-state index in [4.69, 9.17) is 23.7 Å². The molecule has 0 radical (unpaired) electrons. The zero-order valence-electron chi connectivity index (χ0n) is 25.5. The van der Waals surface area contributed by atoms with Crippen molar-refractivity contribution in [1.29, 1.82) is 0 Å². The van der Waals surface area contributed by atoms with Gasteiger partial charge in [-0.1, -0.05) is 24.3 Å². The number of ether oxygens (including phenoxy) is 5. The van der Waals surface area contributed by atoms with E-state index in [0.29, 0.717) is 55.3 Å². The summed E-state index contributed by atoms with van der Waals surface area (Å²) in [5, 5.41) is 23.4. The second-order valence-electron chi connectivity index (χ2n) is 10.4. The van der Waals surface area contributed by atoms with E-state index in [1.807, 2.05) is 0 Å². The molecule has 0 amide bonds. The highest BCUT2D eigenvalue weighted by Gasteiger charge is 2.26. The molecular weight excluding hydrogens is 608 g/mol. The summed E-state index contributed by atoms with van der Waals surface area (Å²) in [4.78, 5) is 52.2. The van der Waals surface area contributed by atoms with Gasteiger partial charge in [0.05, 0.1) is 50.7 Å². The highest BCUT2D eigenvalue weighted by atomic mass is 16.6. The molecule has 6 rings (SSSR count). The van der Waals surface area contributed by atoms with E-state index in [9.17, 15) is 29.4 Å². The van der Waals surface area contributed by atoms with Crippen molar-refractivity contribution in [3.05, 3.63) is 95.1 Å². The maximum Gasteiger partial charge on any atom is 0.346 e. The minimum Gasteiger partial charge on any atom is -0.493 e. The van der Waals surface area contributed by atoms with Crippen LogP contribution in [-0.2, 0) is 4.74 Å². The molecule has 0 fully saturated rings. The first kappa shape index (κ1) is 30.7. The zero-order chi connectivity index (χ0) is 33.6. The summed E-state index contributed by atoms with van der Waals surface area (Å²) < 4.78 is 26.9. The molecule has 0 saturated carbocycles. The lowest BCUT2D eigenvalue weighted by molar-refractivity contribution is 0.0400. The Hall–Kier alpha value is -6.36. The Balaban J connectivity index is 1.51. The molecule has 0 heterocycles. The van der Waals surface area contributed by atoms with Gasteiger partial charge in [0, 0.05) is 10.8 Å². The number of carbonyl (C=O) groups excluding carboxylic acids is 2. The van der Waals surface area contributed by atoms with Gasteiger partial charge >= 0.3 is 23.9 Å². The first-order valence-electron chi connectivity index (χ1n) is 14.1. The molecule has 0 spiro atoms. The summed E-state index contributed by atoms with van der Waals surface area (Å²) in [6.07, 6.45) is 0. The molecule has 0 bridgehead atoms. The Morgan fingerprint density at radius 3 is 1.17 bits per heavy atom. The summed E-state index contributed by atoms with van der Waals surface area (Å²) in [6.45, 7) is 0. The largest absolute Gasteiger partial charge is 0.493 e. The molecule has 0 saturated heterocycles. The second-order valence-corrected chi connectivity index (χ2v) is 10.4. The van der Waals surface area contributed by atoms with E-state index in [1.54, 1.807) is 48.5 Å². The second kappa shape index (κ2) is 11.9. The van der Waals surface area contributed by atoms with Crippen molar-refractivity contribution >= 4 is 67.0 Å². The average molecular weight is 635 g/mol. The van der Waals surface area contributed by atoms with Gasteiger partial charge in [-0.2, -0.15) is 0 Å². The van der Waals surface area contributed by atoms with Crippen LogP contribution >= 0.6 is 0 Å². The summed E-state index contributed by atoms with van der Waals surface area (Å²) in [7, 11) is 5.84. The topological polar surface area (TPSA) is 155 Å². The van der Waals surface area contributed by atoms with Crippen LogP contribution in [0, 0.1) is 0 Å². The van der Waals surface area contributed by atoms with Crippen molar-refractivity contribution in [2.24, 2.45) is 0 Å². The van der Waals surface area contributed by atoms with Crippen LogP contribution in [0.2, 0.25) is 0 Å². The SMILES string of the molecule is COc1cc2cc(C(=O)O)c3c(C(=O)OC(=O)c4cccc5c4c(C(=O)O)cc4cc(OC)c(OC)cc45)cccc3c2cc1OC. The summed E-state index contributed by atoms with van der Waals surface area (Å²) in [5.41, 5.74) is -0.750. The minimum atomic E-state index is -1.31. The molecule has 236 valence electrons. The lowest BCUT2D eigenvalue weighted by atomic mass is 9.93. The smallest absolute Gasteiger partial charge is 0.346 e. The lowest BCUT2D eigenvalue weighted by Gasteiger charge is -2.15. The fourth-order valence-corrected chi connectivity index (χ4v) is 5.96. The summed E-state index contributed by atoms with van der Waals surface area (Å²) >= 11 is 0. The van der Waals surface area contributed by atoms with Crippen LogP contribution in [0.3, 0.4) is 0 Å². The average Bonchev–Trinajstić information content (AvgIpc) is 3.08. The molecule has 0 unspecified atom stereocenters.